The van der Waals surface area contributed by atoms with Gasteiger partial charge in [-0.3, -0.25) is 19.0 Å². The molecule has 42 heavy (non-hydrogen) atoms. The third kappa shape index (κ3) is 6.36. The van der Waals surface area contributed by atoms with Crippen molar-refractivity contribution in [3.05, 3.63) is 78.5 Å². The van der Waals surface area contributed by atoms with Crippen LogP contribution >= 0.6 is 11.3 Å². The van der Waals surface area contributed by atoms with Crippen molar-refractivity contribution in [1.82, 2.24) is 4.57 Å². The van der Waals surface area contributed by atoms with Crippen LogP contribution in [0.15, 0.2) is 57.5 Å². The van der Waals surface area contributed by atoms with Crippen LogP contribution in [0.5, 0.6) is 23.0 Å². The van der Waals surface area contributed by atoms with Crippen molar-refractivity contribution in [1.29, 1.82) is 0 Å². The fraction of sp³-hybridized carbons (Fsp3) is 0.276. The van der Waals surface area contributed by atoms with Gasteiger partial charge in [0.1, 0.15) is 0 Å². The van der Waals surface area contributed by atoms with Crippen molar-refractivity contribution in [2.45, 2.75) is 33.7 Å². The predicted octanol–water partition coefficient (Wildman–Crippen LogP) is 2.55. The number of rotatable bonds is 6. The van der Waals surface area contributed by atoms with Crippen molar-refractivity contribution in [3.8, 4) is 23.0 Å². The summed E-state index contributed by atoms with van der Waals surface area (Å²) in [6, 6.07) is 9.45. The number of thiazole rings is 1. The van der Waals surface area contributed by atoms with Crippen LogP contribution in [0.3, 0.4) is 0 Å². The number of carbonyl (C=O) groups excluding carboxylic acids is 2. The summed E-state index contributed by atoms with van der Waals surface area (Å²) < 4.78 is 28.7. The van der Waals surface area contributed by atoms with Crippen LogP contribution in [0.25, 0.3) is 6.08 Å². The molecule has 3 aromatic rings. The Morgan fingerprint density at radius 1 is 1.12 bits per heavy atom. The highest BCUT2D eigenvalue weighted by molar-refractivity contribution is 7.07. The van der Waals surface area contributed by atoms with E-state index in [0.717, 1.165) is 12.5 Å². The van der Waals surface area contributed by atoms with Gasteiger partial charge >= 0.3 is 11.9 Å². The van der Waals surface area contributed by atoms with Crippen LogP contribution in [-0.2, 0) is 19.1 Å². The predicted molar refractivity (Wildman–Crippen MR) is 151 cm³/mol. The largest absolute Gasteiger partial charge is 0.493 e. The molecule has 2 aliphatic rings. The zero-order valence-corrected chi connectivity index (χ0v) is 24.3. The summed E-state index contributed by atoms with van der Waals surface area (Å²) in [6.07, 6.45) is 1.75. The monoisotopic (exact) mass is 596 g/mol. The van der Waals surface area contributed by atoms with E-state index in [4.69, 9.17) is 33.6 Å². The number of fused-ring (bicyclic) bond motifs is 2. The van der Waals surface area contributed by atoms with Gasteiger partial charge in [-0.25, -0.2) is 9.79 Å². The Kier molecular flexibility index (Phi) is 9.11. The first-order valence-corrected chi connectivity index (χ1v) is 13.5. The van der Waals surface area contributed by atoms with E-state index in [0.29, 0.717) is 32.1 Å². The number of aliphatic carboxylic acids is 1. The molecule has 220 valence electrons. The second-order valence-electron chi connectivity index (χ2n) is 8.94. The maximum atomic E-state index is 13.8. The number of aromatic nitrogens is 1. The number of ether oxygens (including phenoxy) is 5. The molecule has 0 amide bonds. The topological polar surface area (TPSA) is 152 Å². The van der Waals surface area contributed by atoms with Gasteiger partial charge in [0.15, 0.2) is 27.8 Å². The lowest BCUT2D eigenvalue weighted by molar-refractivity contribution is -0.139. The Labute approximate surface area is 243 Å². The molecule has 13 heteroatoms. The number of carbonyl (C=O) groups is 3. The molecule has 5 rings (SSSR count). The molecule has 1 unspecified atom stereocenters. The average Bonchev–Trinajstić information content (AvgIpc) is 3.51. The van der Waals surface area contributed by atoms with Gasteiger partial charge in [-0.05, 0) is 55.3 Å². The molecule has 0 saturated heterocycles. The summed E-state index contributed by atoms with van der Waals surface area (Å²) >= 11 is 1.21. The second kappa shape index (κ2) is 12.7. The van der Waals surface area contributed by atoms with Gasteiger partial charge in [0.2, 0.25) is 6.79 Å². The molecule has 2 aliphatic heterocycles. The first kappa shape index (κ1) is 30.1. The standard InChI is InChI=1S/C27H24N2O8S.C2H4O2/c1-5-34-26(32)23-14(2)28-27-29(24(23)17-7-9-19(37-15(3)30)20(12-17)33-4)25(31)22(38-27)11-16-6-8-18-21(10-16)36-13-35-18;1-2(3)4/h6-12,24H,5,13H2,1-4H3;1H3,(H,3,4)/b22-11+;. The number of esters is 2. The third-order valence-corrected chi connectivity index (χ3v) is 6.95. The minimum absolute atomic E-state index is 0.149. The molecule has 1 atom stereocenters. The zero-order valence-electron chi connectivity index (χ0n) is 23.5. The van der Waals surface area contributed by atoms with Gasteiger partial charge in [-0.15, -0.1) is 0 Å². The first-order valence-electron chi connectivity index (χ1n) is 12.7. The molecule has 12 nitrogen and oxygen atoms in total. The third-order valence-electron chi connectivity index (χ3n) is 5.97. The summed E-state index contributed by atoms with van der Waals surface area (Å²) in [5, 5.41) is 7.42. The van der Waals surface area contributed by atoms with Crippen molar-refractivity contribution in [3.63, 3.8) is 0 Å². The molecule has 0 aliphatic carbocycles. The molecule has 3 heterocycles. The van der Waals surface area contributed by atoms with E-state index in [-0.39, 0.29) is 36.0 Å². The minimum atomic E-state index is -0.843. The number of carboxylic acids is 1. The van der Waals surface area contributed by atoms with E-state index in [1.54, 1.807) is 50.3 Å². The van der Waals surface area contributed by atoms with Crippen LogP contribution in [0.2, 0.25) is 0 Å². The molecular weight excluding hydrogens is 568 g/mol. The van der Waals surface area contributed by atoms with E-state index in [1.165, 1.54) is 29.9 Å². The maximum absolute atomic E-state index is 13.8. The molecule has 0 radical (unpaired) electrons. The zero-order chi connectivity index (χ0) is 30.6. The first-order chi connectivity index (χ1) is 20.0. The van der Waals surface area contributed by atoms with Crippen molar-refractivity contribution < 1.29 is 43.2 Å². The van der Waals surface area contributed by atoms with Gasteiger partial charge in [0, 0.05) is 13.8 Å². The Hall–Kier alpha value is -4.91. The molecule has 1 N–H and O–H groups in total. The molecule has 2 aromatic carbocycles. The van der Waals surface area contributed by atoms with Gasteiger partial charge in [-0.2, -0.15) is 0 Å². The van der Waals surface area contributed by atoms with E-state index in [9.17, 15) is 14.4 Å². The number of hydrogen-bond acceptors (Lipinski definition) is 11. The highest BCUT2D eigenvalue weighted by Gasteiger charge is 2.34. The molecule has 1 aromatic heterocycles. The Balaban J connectivity index is 0.000000952. The number of carboxylic acid groups (broad SMARTS) is 1. The fourth-order valence-electron chi connectivity index (χ4n) is 4.35. The summed E-state index contributed by atoms with van der Waals surface area (Å²) in [7, 11) is 1.44. The minimum Gasteiger partial charge on any atom is -0.493 e. The summed E-state index contributed by atoms with van der Waals surface area (Å²) in [6.45, 7) is 6.09. The lowest BCUT2D eigenvalue weighted by Crippen LogP contribution is -2.40. The van der Waals surface area contributed by atoms with Gasteiger partial charge < -0.3 is 28.8 Å². The molecule has 0 fully saturated rings. The number of nitrogens with zero attached hydrogens (tertiary/aromatic N) is 2. The SMILES string of the molecule is CC(=O)O.CCOC(=O)C1=C(C)N=c2s/c(=C/c3ccc4c(c3)OCO4)c(=O)n2C1c1ccc(OC(C)=O)c(OC)c1. The van der Waals surface area contributed by atoms with Crippen LogP contribution in [-0.4, -0.2) is 48.1 Å². The maximum Gasteiger partial charge on any atom is 0.338 e. The second-order valence-corrected chi connectivity index (χ2v) is 9.95. The van der Waals surface area contributed by atoms with Crippen LogP contribution < -0.4 is 33.8 Å². The van der Waals surface area contributed by atoms with Gasteiger partial charge in [0.05, 0.1) is 35.6 Å². The van der Waals surface area contributed by atoms with E-state index in [1.807, 2.05) is 6.07 Å². The van der Waals surface area contributed by atoms with Gasteiger partial charge in [-0.1, -0.05) is 23.5 Å². The lowest BCUT2D eigenvalue weighted by atomic mass is 9.95. The Morgan fingerprint density at radius 2 is 1.83 bits per heavy atom. The number of allylic oxidation sites excluding steroid dienone is 1. The van der Waals surface area contributed by atoms with Crippen LogP contribution in [0, 0.1) is 0 Å². The average molecular weight is 597 g/mol. The Morgan fingerprint density at radius 3 is 2.50 bits per heavy atom. The van der Waals surface area contributed by atoms with Gasteiger partial charge in [0.25, 0.3) is 11.5 Å². The summed E-state index contributed by atoms with van der Waals surface area (Å²) in [5.41, 5.74) is 1.66. The van der Waals surface area contributed by atoms with Crippen molar-refractivity contribution in [2.75, 3.05) is 20.5 Å². The van der Waals surface area contributed by atoms with Crippen molar-refractivity contribution in [2.24, 2.45) is 4.99 Å². The van der Waals surface area contributed by atoms with E-state index in [2.05, 4.69) is 4.99 Å². The normalized spacial score (nSPS) is 15.2. The van der Waals surface area contributed by atoms with E-state index < -0.39 is 23.9 Å². The Bertz CT molecular complexity index is 1770. The quantitative estimate of drug-likeness (QED) is 0.332. The molecule has 0 saturated carbocycles. The van der Waals surface area contributed by atoms with Crippen LogP contribution in [0.4, 0.5) is 0 Å². The highest BCUT2D eigenvalue weighted by atomic mass is 32.1. The fourth-order valence-corrected chi connectivity index (χ4v) is 5.40. The number of methoxy groups -OCH3 is 1. The highest BCUT2D eigenvalue weighted by Crippen LogP contribution is 2.36. The smallest absolute Gasteiger partial charge is 0.338 e. The number of hydrogen-bond donors (Lipinski definition) is 1. The van der Waals surface area contributed by atoms with Crippen LogP contribution in [0.1, 0.15) is 44.9 Å². The van der Waals surface area contributed by atoms with E-state index >= 15 is 0 Å². The summed E-state index contributed by atoms with van der Waals surface area (Å²) in [5.74, 6) is -0.174. The number of benzene rings is 2. The molecule has 0 spiro atoms. The molecular formula is C29H28N2O10S. The molecule has 0 bridgehead atoms. The lowest BCUT2D eigenvalue weighted by Gasteiger charge is -2.25. The summed E-state index contributed by atoms with van der Waals surface area (Å²) in [4.78, 5) is 52.4. The van der Waals surface area contributed by atoms with Crippen molar-refractivity contribution >= 4 is 35.3 Å².